The fourth-order valence-electron chi connectivity index (χ4n) is 1.20. The molecule has 1 heterocycles. The summed E-state index contributed by atoms with van der Waals surface area (Å²) in [6.45, 7) is 4.75. The molecule has 1 aromatic rings. The molecular weight excluding hydrogens is 287 g/mol. The Hall–Kier alpha value is -1.04. The standard InChI is InChI=1S/C12H20N4O.2ClH/c1-12(2,13)11(17)16-9-5-8-15-10-6-3-4-7-14-10;;/h3-4,6-7H,5,8-9,13H2,1-2H3,(H,14,15)(H,16,17);2*1H. The second-order valence-electron chi connectivity index (χ2n) is 4.47. The van der Waals surface area contributed by atoms with Gasteiger partial charge in [-0.2, -0.15) is 0 Å². The van der Waals surface area contributed by atoms with Gasteiger partial charge in [0.05, 0.1) is 5.54 Å². The van der Waals surface area contributed by atoms with Gasteiger partial charge in [0, 0.05) is 19.3 Å². The molecule has 5 nitrogen and oxygen atoms in total. The molecule has 0 radical (unpaired) electrons. The molecule has 0 bridgehead atoms. The number of nitrogens with zero attached hydrogens (tertiary/aromatic N) is 1. The van der Waals surface area contributed by atoms with Crippen LogP contribution >= 0.6 is 24.8 Å². The molecule has 110 valence electrons. The first-order valence-electron chi connectivity index (χ1n) is 5.72. The molecule has 0 fully saturated rings. The number of anilines is 1. The van der Waals surface area contributed by atoms with Crippen LogP contribution < -0.4 is 16.4 Å². The molecule has 0 aliphatic rings. The number of pyridine rings is 1. The van der Waals surface area contributed by atoms with Crippen LogP contribution in [0.5, 0.6) is 0 Å². The zero-order valence-corrected chi connectivity index (χ0v) is 12.8. The Morgan fingerprint density at radius 2 is 2.00 bits per heavy atom. The smallest absolute Gasteiger partial charge is 0.239 e. The van der Waals surface area contributed by atoms with Gasteiger partial charge < -0.3 is 16.4 Å². The fraction of sp³-hybridized carbons (Fsp3) is 0.500. The first-order chi connectivity index (χ1) is 8.00. The van der Waals surface area contributed by atoms with Gasteiger partial charge in [-0.25, -0.2) is 4.98 Å². The summed E-state index contributed by atoms with van der Waals surface area (Å²) < 4.78 is 0. The molecule has 0 aliphatic carbocycles. The number of carbonyl (C=O) groups excluding carboxylic acids is 1. The third-order valence-corrected chi connectivity index (χ3v) is 2.20. The molecule has 0 atom stereocenters. The summed E-state index contributed by atoms with van der Waals surface area (Å²) in [5.41, 5.74) is 4.84. The average molecular weight is 309 g/mol. The normalized spacial score (nSPS) is 9.84. The lowest BCUT2D eigenvalue weighted by Gasteiger charge is -2.17. The van der Waals surface area contributed by atoms with Crippen LogP contribution in [-0.2, 0) is 4.79 Å². The van der Waals surface area contributed by atoms with Crippen LogP contribution in [0.3, 0.4) is 0 Å². The number of rotatable bonds is 6. The summed E-state index contributed by atoms with van der Waals surface area (Å²) in [7, 11) is 0. The van der Waals surface area contributed by atoms with Gasteiger partial charge in [0.1, 0.15) is 5.82 Å². The highest BCUT2D eigenvalue weighted by Gasteiger charge is 2.20. The van der Waals surface area contributed by atoms with Crippen LogP contribution in [0.15, 0.2) is 24.4 Å². The summed E-state index contributed by atoms with van der Waals surface area (Å²) in [4.78, 5) is 15.6. The van der Waals surface area contributed by atoms with Gasteiger partial charge in [-0.15, -0.1) is 24.8 Å². The molecule has 1 amide bonds. The van der Waals surface area contributed by atoms with Crippen molar-refractivity contribution in [3.8, 4) is 0 Å². The topological polar surface area (TPSA) is 80.0 Å². The van der Waals surface area contributed by atoms with E-state index in [1.807, 2.05) is 18.2 Å². The zero-order chi connectivity index (χ0) is 12.7. The molecule has 1 rings (SSSR count). The predicted octanol–water partition coefficient (Wildman–Crippen LogP) is 1.58. The van der Waals surface area contributed by atoms with Gasteiger partial charge in [-0.3, -0.25) is 4.79 Å². The number of amides is 1. The van der Waals surface area contributed by atoms with Crippen molar-refractivity contribution in [2.75, 3.05) is 18.4 Å². The molecule has 0 unspecified atom stereocenters. The fourth-order valence-corrected chi connectivity index (χ4v) is 1.20. The van der Waals surface area contributed by atoms with Crippen LogP contribution in [0.2, 0.25) is 0 Å². The minimum Gasteiger partial charge on any atom is -0.370 e. The van der Waals surface area contributed by atoms with E-state index in [4.69, 9.17) is 5.73 Å². The minimum atomic E-state index is -0.811. The van der Waals surface area contributed by atoms with Gasteiger partial charge in [0.2, 0.25) is 5.91 Å². The van der Waals surface area contributed by atoms with Gasteiger partial charge in [-0.05, 0) is 32.4 Å². The largest absolute Gasteiger partial charge is 0.370 e. The Kier molecular flexibility index (Phi) is 10.5. The lowest BCUT2D eigenvalue weighted by molar-refractivity contribution is -0.125. The van der Waals surface area contributed by atoms with Gasteiger partial charge in [0.15, 0.2) is 0 Å². The van der Waals surface area contributed by atoms with Crippen molar-refractivity contribution in [2.45, 2.75) is 25.8 Å². The zero-order valence-electron chi connectivity index (χ0n) is 11.2. The summed E-state index contributed by atoms with van der Waals surface area (Å²) in [6, 6.07) is 5.70. The summed E-state index contributed by atoms with van der Waals surface area (Å²) in [5.74, 6) is 0.716. The molecule has 0 aliphatic heterocycles. The molecule has 19 heavy (non-hydrogen) atoms. The van der Waals surface area contributed by atoms with Crippen molar-refractivity contribution in [1.82, 2.24) is 10.3 Å². The molecule has 0 aromatic carbocycles. The van der Waals surface area contributed by atoms with Crippen LogP contribution in [-0.4, -0.2) is 29.5 Å². The van der Waals surface area contributed by atoms with Crippen LogP contribution in [0.4, 0.5) is 5.82 Å². The van der Waals surface area contributed by atoms with Crippen molar-refractivity contribution in [3.63, 3.8) is 0 Å². The molecular formula is C12H22Cl2N4O. The molecule has 0 spiro atoms. The molecule has 0 saturated carbocycles. The summed E-state index contributed by atoms with van der Waals surface area (Å²) in [5, 5.41) is 5.95. The Morgan fingerprint density at radius 3 is 2.53 bits per heavy atom. The van der Waals surface area contributed by atoms with Crippen LogP contribution in [0, 0.1) is 0 Å². The minimum absolute atomic E-state index is 0. The van der Waals surface area contributed by atoms with Crippen LogP contribution in [0.1, 0.15) is 20.3 Å². The van der Waals surface area contributed by atoms with E-state index in [0.717, 1.165) is 18.8 Å². The van der Waals surface area contributed by atoms with E-state index in [0.29, 0.717) is 6.54 Å². The lowest BCUT2D eigenvalue weighted by Crippen LogP contribution is -2.49. The Labute approximate surface area is 126 Å². The Balaban J connectivity index is 0. The van der Waals surface area contributed by atoms with E-state index >= 15 is 0 Å². The second kappa shape index (κ2) is 9.83. The van der Waals surface area contributed by atoms with Crippen molar-refractivity contribution in [1.29, 1.82) is 0 Å². The van der Waals surface area contributed by atoms with E-state index in [2.05, 4.69) is 15.6 Å². The number of hydrogen-bond donors (Lipinski definition) is 3. The van der Waals surface area contributed by atoms with Gasteiger partial charge >= 0.3 is 0 Å². The number of carbonyl (C=O) groups is 1. The number of halogens is 2. The maximum atomic E-state index is 11.4. The SMILES string of the molecule is CC(C)(N)C(=O)NCCCNc1ccccn1.Cl.Cl. The van der Waals surface area contributed by atoms with Crippen molar-refractivity contribution in [2.24, 2.45) is 5.73 Å². The second-order valence-corrected chi connectivity index (χ2v) is 4.47. The first kappa shape index (κ1) is 20.3. The van der Waals surface area contributed by atoms with E-state index < -0.39 is 5.54 Å². The maximum absolute atomic E-state index is 11.4. The molecule has 7 heteroatoms. The quantitative estimate of drug-likeness (QED) is 0.697. The summed E-state index contributed by atoms with van der Waals surface area (Å²) >= 11 is 0. The van der Waals surface area contributed by atoms with Crippen molar-refractivity contribution >= 4 is 36.5 Å². The third kappa shape index (κ3) is 8.64. The highest BCUT2D eigenvalue weighted by molar-refractivity contribution is 5.85. The number of nitrogens with two attached hydrogens (primary N) is 1. The average Bonchev–Trinajstić information content (AvgIpc) is 2.28. The number of aromatic nitrogens is 1. The van der Waals surface area contributed by atoms with Gasteiger partial charge in [-0.1, -0.05) is 6.07 Å². The van der Waals surface area contributed by atoms with Crippen molar-refractivity contribution < 1.29 is 4.79 Å². The highest BCUT2D eigenvalue weighted by Crippen LogP contribution is 1.99. The highest BCUT2D eigenvalue weighted by atomic mass is 35.5. The number of hydrogen-bond acceptors (Lipinski definition) is 4. The van der Waals surface area contributed by atoms with E-state index in [1.54, 1.807) is 20.0 Å². The van der Waals surface area contributed by atoms with Crippen molar-refractivity contribution in [3.05, 3.63) is 24.4 Å². The summed E-state index contributed by atoms with van der Waals surface area (Å²) in [6.07, 6.45) is 2.57. The van der Waals surface area contributed by atoms with E-state index in [1.165, 1.54) is 0 Å². The Bertz CT molecular complexity index is 354. The molecule has 1 aromatic heterocycles. The lowest BCUT2D eigenvalue weighted by atomic mass is 10.1. The first-order valence-corrected chi connectivity index (χ1v) is 5.72. The maximum Gasteiger partial charge on any atom is 0.239 e. The molecule has 0 saturated heterocycles. The third-order valence-electron chi connectivity index (χ3n) is 2.20. The van der Waals surface area contributed by atoms with Crippen LogP contribution in [0.25, 0.3) is 0 Å². The van der Waals surface area contributed by atoms with Gasteiger partial charge in [0.25, 0.3) is 0 Å². The van der Waals surface area contributed by atoms with E-state index in [-0.39, 0.29) is 30.7 Å². The molecule has 4 N–H and O–H groups in total. The van der Waals surface area contributed by atoms with E-state index in [9.17, 15) is 4.79 Å². The predicted molar refractivity (Wildman–Crippen MR) is 83.1 cm³/mol. The monoisotopic (exact) mass is 308 g/mol. The number of nitrogens with one attached hydrogen (secondary N) is 2. The Morgan fingerprint density at radius 1 is 1.32 bits per heavy atom.